The topological polar surface area (TPSA) is 58.6 Å². The van der Waals surface area contributed by atoms with Gasteiger partial charge in [0.2, 0.25) is 0 Å². The van der Waals surface area contributed by atoms with Crippen LogP contribution in [0.15, 0.2) is 48.5 Å². The number of ether oxygens (including phenoxy) is 1. The lowest BCUT2D eigenvalue weighted by atomic mass is 10.0. The lowest BCUT2D eigenvalue weighted by molar-refractivity contribution is 0.0910. The van der Waals surface area contributed by atoms with E-state index >= 15 is 0 Å². The van der Waals surface area contributed by atoms with Crippen LogP contribution in [0.2, 0.25) is 0 Å². The summed E-state index contributed by atoms with van der Waals surface area (Å²) >= 11 is 0. The normalized spacial score (nSPS) is 11.8. The quantitative estimate of drug-likeness (QED) is 0.778. The number of carbonyl (C=O) groups is 1. The minimum absolute atomic E-state index is 0.180. The molecule has 1 unspecified atom stereocenters. The summed E-state index contributed by atoms with van der Waals surface area (Å²) in [6.07, 6.45) is 1.07. The Morgan fingerprint density at radius 2 is 1.96 bits per heavy atom. The molecule has 0 aromatic heterocycles. The van der Waals surface area contributed by atoms with E-state index in [0.29, 0.717) is 18.6 Å². The van der Waals surface area contributed by atoms with Gasteiger partial charge >= 0.3 is 0 Å². The monoisotopic (exact) mass is 327 g/mol. The van der Waals surface area contributed by atoms with Crippen LogP contribution in [-0.4, -0.2) is 30.3 Å². The highest BCUT2D eigenvalue weighted by molar-refractivity contribution is 5.95. The molecule has 0 aliphatic rings. The molecule has 2 rings (SSSR count). The summed E-state index contributed by atoms with van der Waals surface area (Å²) < 4.78 is 5.66. The SMILES string of the molecule is CCCC(O)CNC(=O)c1cccc(-c2ccccc2OCC)c1. The zero-order valence-electron chi connectivity index (χ0n) is 14.3. The van der Waals surface area contributed by atoms with Gasteiger partial charge in [-0.05, 0) is 37.1 Å². The molecule has 1 atom stereocenters. The Labute approximate surface area is 143 Å². The van der Waals surface area contributed by atoms with Crippen LogP contribution in [0.25, 0.3) is 11.1 Å². The largest absolute Gasteiger partial charge is 0.493 e. The van der Waals surface area contributed by atoms with Gasteiger partial charge in [-0.2, -0.15) is 0 Å². The maximum atomic E-state index is 12.3. The molecule has 4 heteroatoms. The second-order valence-corrected chi connectivity index (χ2v) is 5.66. The number of aliphatic hydroxyl groups is 1. The van der Waals surface area contributed by atoms with Gasteiger partial charge in [-0.1, -0.05) is 43.7 Å². The molecule has 0 radical (unpaired) electrons. The Balaban J connectivity index is 2.16. The molecule has 1 amide bonds. The summed E-state index contributed by atoms with van der Waals surface area (Å²) in [5.41, 5.74) is 2.46. The smallest absolute Gasteiger partial charge is 0.251 e. The van der Waals surface area contributed by atoms with Gasteiger partial charge in [0, 0.05) is 17.7 Å². The van der Waals surface area contributed by atoms with E-state index in [0.717, 1.165) is 23.3 Å². The molecule has 0 spiro atoms. The van der Waals surface area contributed by atoms with E-state index in [1.165, 1.54) is 0 Å². The lowest BCUT2D eigenvalue weighted by Crippen LogP contribution is -2.31. The van der Waals surface area contributed by atoms with Crippen LogP contribution >= 0.6 is 0 Å². The Kier molecular flexibility index (Phi) is 6.82. The minimum atomic E-state index is -0.499. The van der Waals surface area contributed by atoms with Crippen molar-refractivity contribution in [1.82, 2.24) is 5.32 Å². The van der Waals surface area contributed by atoms with Crippen molar-refractivity contribution in [2.24, 2.45) is 0 Å². The van der Waals surface area contributed by atoms with Crippen molar-refractivity contribution in [3.63, 3.8) is 0 Å². The molecule has 0 saturated heterocycles. The molecule has 0 aliphatic heterocycles. The van der Waals surface area contributed by atoms with Gasteiger partial charge in [-0.15, -0.1) is 0 Å². The molecule has 4 nitrogen and oxygen atoms in total. The number of rotatable bonds is 8. The third-order valence-electron chi connectivity index (χ3n) is 3.74. The third-order valence-corrected chi connectivity index (χ3v) is 3.74. The van der Waals surface area contributed by atoms with Crippen LogP contribution < -0.4 is 10.1 Å². The molecule has 0 aliphatic carbocycles. The van der Waals surface area contributed by atoms with Crippen LogP contribution in [0.1, 0.15) is 37.0 Å². The summed E-state index contributed by atoms with van der Waals surface area (Å²) in [6.45, 7) is 4.81. The first kappa shape index (κ1) is 18.0. The van der Waals surface area contributed by atoms with Gasteiger partial charge in [0.05, 0.1) is 12.7 Å². The average molecular weight is 327 g/mol. The number of nitrogens with one attached hydrogen (secondary N) is 1. The minimum Gasteiger partial charge on any atom is -0.493 e. The molecular formula is C20H25NO3. The van der Waals surface area contributed by atoms with Gasteiger partial charge in [0.15, 0.2) is 0 Å². The number of hydrogen-bond donors (Lipinski definition) is 2. The van der Waals surface area contributed by atoms with Crippen LogP contribution in [-0.2, 0) is 0 Å². The van der Waals surface area contributed by atoms with Gasteiger partial charge in [0.1, 0.15) is 5.75 Å². The van der Waals surface area contributed by atoms with Crippen LogP contribution in [0.4, 0.5) is 0 Å². The van der Waals surface area contributed by atoms with E-state index in [4.69, 9.17) is 4.74 Å². The predicted molar refractivity (Wildman–Crippen MR) is 96.3 cm³/mol. The van der Waals surface area contributed by atoms with Crippen molar-refractivity contribution in [2.75, 3.05) is 13.2 Å². The van der Waals surface area contributed by atoms with E-state index < -0.39 is 6.10 Å². The van der Waals surface area contributed by atoms with Gasteiger partial charge in [0.25, 0.3) is 5.91 Å². The fourth-order valence-corrected chi connectivity index (χ4v) is 2.56. The highest BCUT2D eigenvalue weighted by Crippen LogP contribution is 2.30. The first-order valence-electron chi connectivity index (χ1n) is 8.44. The van der Waals surface area contributed by atoms with Gasteiger partial charge < -0.3 is 15.2 Å². The Morgan fingerprint density at radius 3 is 2.71 bits per heavy atom. The fourth-order valence-electron chi connectivity index (χ4n) is 2.56. The molecule has 0 bridgehead atoms. The molecule has 0 saturated carbocycles. The zero-order valence-corrected chi connectivity index (χ0v) is 14.3. The zero-order chi connectivity index (χ0) is 17.4. The number of carbonyl (C=O) groups excluding carboxylic acids is 1. The molecule has 0 heterocycles. The summed E-state index contributed by atoms with van der Waals surface area (Å²) in [4.78, 5) is 12.3. The highest BCUT2D eigenvalue weighted by atomic mass is 16.5. The Hall–Kier alpha value is -2.33. The van der Waals surface area contributed by atoms with Crippen molar-refractivity contribution in [1.29, 1.82) is 0 Å². The standard InChI is InChI=1S/C20H25NO3/c1-3-8-17(22)14-21-20(23)16-10-7-9-15(13-16)18-11-5-6-12-19(18)24-4-2/h5-7,9-13,17,22H,3-4,8,14H2,1-2H3,(H,21,23). The number of aliphatic hydroxyl groups excluding tert-OH is 1. The van der Waals surface area contributed by atoms with Gasteiger partial charge in [-0.3, -0.25) is 4.79 Å². The Bertz CT molecular complexity index is 669. The first-order valence-corrected chi connectivity index (χ1v) is 8.44. The maximum Gasteiger partial charge on any atom is 0.251 e. The molecular weight excluding hydrogens is 302 g/mol. The number of para-hydroxylation sites is 1. The molecule has 128 valence electrons. The second kappa shape index (κ2) is 9.08. The van der Waals surface area contributed by atoms with Crippen molar-refractivity contribution >= 4 is 5.91 Å². The van der Waals surface area contributed by atoms with E-state index in [1.54, 1.807) is 6.07 Å². The third kappa shape index (κ3) is 4.83. The highest BCUT2D eigenvalue weighted by Gasteiger charge is 2.11. The number of amides is 1. The predicted octanol–water partition coefficient (Wildman–Crippen LogP) is 3.64. The summed E-state index contributed by atoms with van der Waals surface area (Å²) in [5.74, 6) is 0.622. The van der Waals surface area contributed by atoms with Crippen molar-refractivity contribution in [2.45, 2.75) is 32.8 Å². The summed E-state index contributed by atoms with van der Waals surface area (Å²) in [5, 5.41) is 12.5. The van der Waals surface area contributed by atoms with Crippen molar-refractivity contribution in [3.8, 4) is 16.9 Å². The van der Waals surface area contributed by atoms with Crippen LogP contribution in [0.3, 0.4) is 0 Å². The van der Waals surface area contributed by atoms with E-state index in [-0.39, 0.29) is 12.5 Å². The van der Waals surface area contributed by atoms with Crippen molar-refractivity contribution in [3.05, 3.63) is 54.1 Å². The number of hydrogen-bond acceptors (Lipinski definition) is 3. The molecule has 24 heavy (non-hydrogen) atoms. The molecule has 0 fully saturated rings. The van der Waals surface area contributed by atoms with Crippen LogP contribution in [0.5, 0.6) is 5.75 Å². The fraction of sp³-hybridized carbons (Fsp3) is 0.350. The second-order valence-electron chi connectivity index (χ2n) is 5.66. The maximum absolute atomic E-state index is 12.3. The van der Waals surface area contributed by atoms with E-state index in [1.807, 2.05) is 56.3 Å². The van der Waals surface area contributed by atoms with Crippen molar-refractivity contribution < 1.29 is 14.6 Å². The molecule has 2 aromatic carbocycles. The summed E-state index contributed by atoms with van der Waals surface area (Å²) in [6, 6.07) is 15.2. The van der Waals surface area contributed by atoms with Crippen LogP contribution in [0, 0.1) is 0 Å². The number of benzene rings is 2. The average Bonchev–Trinajstić information content (AvgIpc) is 2.61. The van der Waals surface area contributed by atoms with E-state index in [2.05, 4.69) is 5.32 Å². The molecule has 2 N–H and O–H groups in total. The van der Waals surface area contributed by atoms with Gasteiger partial charge in [-0.25, -0.2) is 0 Å². The Morgan fingerprint density at radius 1 is 1.17 bits per heavy atom. The first-order chi connectivity index (χ1) is 11.7. The summed E-state index contributed by atoms with van der Waals surface area (Å²) in [7, 11) is 0. The lowest BCUT2D eigenvalue weighted by Gasteiger charge is -2.13. The molecule has 2 aromatic rings. The van der Waals surface area contributed by atoms with E-state index in [9.17, 15) is 9.90 Å².